The molecule has 0 saturated carbocycles. The van der Waals surface area contributed by atoms with Gasteiger partial charge >= 0.3 is 0 Å². The second-order valence-corrected chi connectivity index (χ2v) is 6.88. The van der Waals surface area contributed by atoms with Crippen molar-refractivity contribution in [2.75, 3.05) is 0 Å². The molecule has 3 aromatic rings. The minimum atomic E-state index is -0.816. The van der Waals surface area contributed by atoms with Gasteiger partial charge in [-0.2, -0.15) is 0 Å². The van der Waals surface area contributed by atoms with Gasteiger partial charge in [-0.05, 0) is 36.2 Å². The minimum Gasteiger partial charge on any atom is -0.507 e. The first-order valence-electron chi connectivity index (χ1n) is 9.09. The van der Waals surface area contributed by atoms with Gasteiger partial charge in [0.25, 0.3) is 11.7 Å². The quantitative estimate of drug-likeness (QED) is 0.408. The van der Waals surface area contributed by atoms with Crippen LogP contribution in [-0.4, -0.2) is 21.7 Å². The number of ketones is 1. The summed E-state index contributed by atoms with van der Waals surface area (Å²) in [6, 6.07) is 15.7. The molecule has 0 spiro atoms. The number of hydrogen-bond acceptors (Lipinski definition) is 4. The van der Waals surface area contributed by atoms with E-state index in [2.05, 4.69) is 0 Å². The number of Topliss-reactive ketones (excluding diaryl/α,β-unsaturated/α-hetero) is 1. The number of aryl methyl sites for hydroxylation is 1. The molecular formula is C23H18FNO4. The molecule has 1 amide bonds. The van der Waals surface area contributed by atoms with E-state index in [4.69, 9.17) is 4.42 Å². The Morgan fingerprint density at radius 1 is 1.10 bits per heavy atom. The van der Waals surface area contributed by atoms with Crippen molar-refractivity contribution in [3.63, 3.8) is 0 Å². The van der Waals surface area contributed by atoms with Crippen LogP contribution in [0.3, 0.4) is 0 Å². The highest BCUT2D eigenvalue weighted by molar-refractivity contribution is 6.46. The van der Waals surface area contributed by atoms with E-state index in [-0.39, 0.29) is 17.7 Å². The molecule has 0 bridgehead atoms. The molecule has 4 rings (SSSR count). The van der Waals surface area contributed by atoms with Crippen LogP contribution in [0.1, 0.15) is 28.5 Å². The summed E-state index contributed by atoms with van der Waals surface area (Å²) < 4.78 is 19.4. The third-order valence-corrected chi connectivity index (χ3v) is 5.01. The molecule has 0 radical (unpaired) electrons. The van der Waals surface area contributed by atoms with Crippen molar-refractivity contribution in [2.24, 2.45) is 0 Å². The number of likely N-dealkylation sites (tertiary alicyclic amines) is 1. The van der Waals surface area contributed by atoms with Crippen LogP contribution in [-0.2, 0) is 16.1 Å². The smallest absolute Gasteiger partial charge is 0.296 e. The van der Waals surface area contributed by atoms with Gasteiger partial charge in [0, 0.05) is 5.56 Å². The number of furan rings is 1. The standard InChI is InChI=1S/C23H18FNO4/c1-14-9-10-16(12-18(14)24)21(26)19-20(15-6-3-2-4-7-15)25(23(28)22(19)27)13-17-8-5-11-29-17/h2-12,20,26H,13H2,1H3. The number of rotatable bonds is 4. The van der Waals surface area contributed by atoms with Gasteiger partial charge < -0.3 is 14.4 Å². The van der Waals surface area contributed by atoms with E-state index in [0.29, 0.717) is 16.9 Å². The Kier molecular flexibility index (Phi) is 4.76. The molecule has 6 heteroatoms. The predicted octanol–water partition coefficient (Wildman–Crippen LogP) is 4.35. The lowest BCUT2D eigenvalue weighted by Gasteiger charge is -2.24. The van der Waals surface area contributed by atoms with Crippen molar-refractivity contribution >= 4 is 17.4 Å². The molecule has 29 heavy (non-hydrogen) atoms. The lowest BCUT2D eigenvalue weighted by atomic mass is 9.95. The summed E-state index contributed by atoms with van der Waals surface area (Å²) >= 11 is 0. The van der Waals surface area contributed by atoms with Crippen molar-refractivity contribution in [1.82, 2.24) is 4.90 Å². The lowest BCUT2D eigenvalue weighted by molar-refractivity contribution is -0.140. The van der Waals surface area contributed by atoms with E-state index in [1.165, 1.54) is 23.3 Å². The Labute approximate surface area is 166 Å². The van der Waals surface area contributed by atoms with E-state index in [1.54, 1.807) is 43.3 Å². The summed E-state index contributed by atoms with van der Waals surface area (Å²) in [7, 11) is 0. The molecule has 0 aliphatic carbocycles. The summed E-state index contributed by atoms with van der Waals surface area (Å²) in [5, 5.41) is 10.9. The highest BCUT2D eigenvalue weighted by Crippen LogP contribution is 2.40. The molecule has 2 aromatic carbocycles. The second kappa shape index (κ2) is 7.39. The Balaban J connectivity index is 1.87. The maximum Gasteiger partial charge on any atom is 0.296 e. The molecule has 5 nitrogen and oxygen atoms in total. The molecule has 2 heterocycles. The topological polar surface area (TPSA) is 70.8 Å². The molecule has 1 aliphatic rings. The molecule has 1 aromatic heterocycles. The zero-order chi connectivity index (χ0) is 20.5. The van der Waals surface area contributed by atoms with Gasteiger partial charge in [0.15, 0.2) is 0 Å². The van der Waals surface area contributed by atoms with Crippen molar-refractivity contribution in [3.05, 3.63) is 101 Å². The molecule has 1 N–H and O–H groups in total. The second-order valence-electron chi connectivity index (χ2n) is 6.88. The third-order valence-electron chi connectivity index (χ3n) is 5.01. The zero-order valence-electron chi connectivity index (χ0n) is 15.6. The molecule has 1 aliphatic heterocycles. The van der Waals surface area contributed by atoms with Gasteiger partial charge in [-0.15, -0.1) is 0 Å². The first-order valence-corrected chi connectivity index (χ1v) is 9.09. The summed E-state index contributed by atoms with van der Waals surface area (Å²) in [6.07, 6.45) is 1.48. The highest BCUT2D eigenvalue weighted by Gasteiger charge is 2.46. The van der Waals surface area contributed by atoms with Crippen LogP contribution in [0.15, 0.2) is 76.9 Å². The Morgan fingerprint density at radius 3 is 2.52 bits per heavy atom. The fourth-order valence-electron chi connectivity index (χ4n) is 3.49. The number of carbonyl (C=O) groups is 2. The summed E-state index contributed by atoms with van der Waals surface area (Å²) in [4.78, 5) is 27.0. The number of nitrogens with zero attached hydrogens (tertiary/aromatic N) is 1. The molecular weight excluding hydrogens is 373 g/mol. The third kappa shape index (κ3) is 3.33. The monoisotopic (exact) mass is 391 g/mol. The number of halogens is 1. The summed E-state index contributed by atoms with van der Waals surface area (Å²) in [6.45, 7) is 1.67. The fraction of sp³-hybridized carbons (Fsp3) is 0.130. The van der Waals surface area contributed by atoms with E-state index in [0.717, 1.165) is 6.07 Å². The predicted molar refractivity (Wildman–Crippen MR) is 104 cm³/mol. The Morgan fingerprint density at radius 2 is 1.86 bits per heavy atom. The van der Waals surface area contributed by atoms with Crippen LogP contribution in [0, 0.1) is 12.7 Å². The largest absolute Gasteiger partial charge is 0.507 e. The van der Waals surface area contributed by atoms with Gasteiger partial charge in [0.2, 0.25) is 0 Å². The van der Waals surface area contributed by atoms with E-state index in [1.807, 2.05) is 6.07 Å². The van der Waals surface area contributed by atoms with Crippen LogP contribution in [0.25, 0.3) is 5.76 Å². The number of amides is 1. The molecule has 1 unspecified atom stereocenters. The molecule has 1 atom stereocenters. The number of carbonyl (C=O) groups excluding carboxylic acids is 2. The van der Waals surface area contributed by atoms with Gasteiger partial charge in [0.1, 0.15) is 17.3 Å². The average molecular weight is 391 g/mol. The van der Waals surface area contributed by atoms with Crippen LogP contribution in [0.5, 0.6) is 0 Å². The van der Waals surface area contributed by atoms with Crippen LogP contribution in [0.4, 0.5) is 4.39 Å². The zero-order valence-corrected chi connectivity index (χ0v) is 15.6. The number of aliphatic hydroxyl groups is 1. The first-order chi connectivity index (χ1) is 14.0. The van der Waals surface area contributed by atoms with Crippen LogP contribution < -0.4 is 0 Å². The Bertz CT molecular complexity index is 1100. The summed E-state index contributed by atoms with van der Waals surface area (Å²) in [5.41, 5.74) is 1.15. The van der Waals surface area contributed by atoms with Crippen molar-refractivity contribution in [3.8, 4) is 0 Å². The van der Waals surface area contributed by atoms with Gasteiger partial charge in [-0.3, -0.25) is 9.59 Å². The maximum absolute atomic E-state index is 14.0. The van der Waals surface area contributed by atoms with Crippen LogP contribution in [0.2, 0.25) is 0 Å². The van der Waals surface area contributed by atoms with Crippen molar-refractivity contribution in [1.29, 1.82) is 0 Å². The average Bonchev–Trinajstić information content (AvgIpc) is 3.32. The van der Waals surface area contributed by atoms with Gasteiger partial charge in [-0.1, -0.05) is 42.5 Å². The first kappa shape index (κ1) is 18.7. The SMILES string of the molecule is Cc1ccc(C(O)=C2C(=O)C(=O)N(Cc3ccco3)C2c2ccccc2)cc1F. The minimum absolute atomic E-state index is 0.0656. The molecule has 1 fully saturated rings. The van der Waals surface area contributed by atoms with Crippen LogP contribution >= 0.6 is 0 Å². The number of aliphatic hydroxyl groups excluding tert-OH is 1. The number of hydrogen-bond donors (Lipinski definition) is 1. The molecule has 1 saturated heterocycles. The Hall–Kier alpha value is -3.67. The summed E-state index contributed by atoms with van der Waals surface area (Å²) in [5.74, 6) is -1.96. The van der Waals surface area contributed by atoms with E-state index in [9.17, 15) is 19.1 Å². The van der Waals surface area contributed by atoms with E-state index < -0.39 is 29.3 Å². The highest BCUT2D eigenvalue weighted by atomic mass is 19.1. The fourth-order valence-corrected chi connectivity index (χ4v) is 3.49. The van der Waals surface area contributed by atoms with Crippen molar-refractivity contribution in [2.45, 2.75) is 19.5 Å². The van der Waals surface area contributed by atoms with Crippen molar-refractivity contribution < 1.29 is 23.5 Å². The molecule has 146 valence electrons. The lowest BCUT2D eigenvalue weighted by Crippen LogP contribution is -2.29. The maximum atomic E-state index is 14.0. The van der Waals surface area contributed by atoms with Gasteiger partial charge in [0.05, 0.1) is 24.4 Å². The van der Waals surface area contributed by atoms with Gasteiger partial charge in [-0.25, -0.2) is 4.39 Å². The van der Waals surface area contributed by atoms with E-state index >= 15 is 0 Å². The normalized spacial score (nSPS) is 18.4. The number of benzene rings is 2.